The summed E-state index contributed by atoms with van der Waals surface area (Å²) in [7, 11) is 0. The van der Waals surface area contributed by atoms with Crippen LogP contribution in [0.3, 0.4) is 0 Å². The lowest BCUT2D eigenvalue weighted by molar-refractivity contribution is -0.137. The molecule has 0 bridgehead atoms. The van der Waals surface area contributed by atoms with Crippen LogP contribution in [0.1, 0.15) is 23.6 Å². The van der Waals surface area contributed by atoms with Crippen molar-refractivity contribution >= 4 is 23.3 Å². The fraction of sp³-hybridized carbons (Fsp3) is 0.263. The van der Waals surface area contributed by atoms with Gasteiger partial charge in [-0.05, 0) is 42.0 Å². The lowest BCUT2D eigenvalue weighted by Crippen LogP contribution is -2.33. The highest BCUT2D eigenvalue weighted by molar-refractivity contribution is 6.30. The van der Waals surface area contributed by atoms with E-state index in [4.69, 9.17) is 16.9 Å². The van der Waals surface area contributed by atoms with Gasteiger partial charge < -0.3 is 4.90 Å². The number of nitrogens with zero attached hydrogens (tertiary/aromatic N) is 3. The zero-order chi connectivity index (χ0) is 19.6. The lowest BCUT2D eigenvalue weighted by atomic mass is 10.0. The highest BCUT2D eigenvalue weighted by Gasteiger charge is 2.40. The van der Waals surface area contributed by atoms with Gasteiger partial charge in [0.25, 0.3) is 0 Å². The van der Waals surface area contributed by atoms with E-state index in [9.17, 15) is 18.0 Å². The summed E-state index contributed by atoms with van der Waals surface area (Å²) in [6.45, 7) is 0.416. The third-order valence-electron chi connectivity index (χ3n) is 4.38. The molecule has 1 atom stereocenters. The van der Waals surface area contributed by atoms with Crippen molar-refractivity contribution < 1.29 is 18.0 Å². The Hall–Kier alpha value is -2.72. The average molecular weight is 394 g/mol. The molecule has 8 heteroatoms. The van der Waals surface area contributed by atoms with Gasteiger partial charge in [0.2, 0.25) is 0 Å². The Morgan fingerprint density at radius 2 is 1.89 bits per heavy atom. The number of anilines is 1. The van der Waals surface area contributed by atoms with E-state index >= 15 is 0 Å². The first-order valence-electron chi connectivity index (χ1n) is 8.19. The normalized spacial score (nSPS) is 17.3. The summed E-state index contributed by atoms with van der Waals surface area (Å²) in [5, 5.41) is 9.28. The van der Waals surface area contributed by atoms with Crippen LogP contribution in [-0.2, 0) is 6.18 Å². The van der Waals surface area contributed by atoms with Crippen LogP contribution < -0.4 is 4.90 Å². The molecule has 2 aromatic carbocycles. The second-order valence-corrected chi connectivity index (χ2v) is 6.56. The van der Waals surface area contributed by atoms with Crippen LogP contribution in [0.4, 0.5) is 23.7 Å². The number of carbonyl (C=O) groups excluding carboxylic acids is 1. The zero-order valence-corrected chi connectivity index (χ0v) is 14.8. The van der Waals surface area contributed by atoms with Gasteiger partial charge in [-0.15, -0.1) is 0 Å². The Morgan fingerprint density at radius 3 is 2.52 bits per heavy atom. The molecule has 0 aliphatic carbocycles. The van der Waals surface area contributed by atoms with E-state index in [1.54, 1.807) is 30.3 Å². The summed E-state index contributed by atoms with van der Waals surface area (Å²) >= 11 is 5.90. The van der Waals surface area contributed by atoms with Crippen LogP contribution in [-0.4, -0.2) is 24.0 Å². The van der Waals surface area contributed by atoms with Crippen molar-refractivity contribution in [3.63, 3.8) is 0 Å². The average Bonchev–Trinajstić information content (AvgIpc) is 2.96. The van der Waals surface area contributed by atoms with Gasteiger partial charge in [0.1, 0.15) is 0 Å². The molecular weight excluding hydrogens is 379 g/mol. The molecule has 0 saturated carbocycles. The van der Waals surface area contributed by atoms with Crippen molar-refractivity contribution in [1.82, 2.24) is 4.90 Å². The Morgan fingerprint density at radius 1 is 1.19 bits per heavy atom. The summed E-state index contributed by atoms with van der Waals surface area (Å²) in [5.41, 5.74) is 0.151. The number of hydrogen-bond acceptors (Lipinski definition) is 2. The Kier molecular flexibility index (Phi) is 5.29. The van der Waals surface area contributed by atoms with Crippen LogP contribution in [0.2, 0.25) is 5.02 Å². The van der Waals surface area contributed by atoms with E-state index < -0.39 is 17.8 Å². The number of rotatable bonds is 4. The number of amides is 2. The second-order valence-electron chi connectivity index (χ2n) is 6.12. The molecule has 27 heavy (non-hydrogen) atoms. The van der Waals surface area contributed by atoms with Gasteiger partial charge in [0.05, 0.1) is 24.1 Å². The Balaban J connectivity index is 2.01. The largest absolute Gasteiger partial charge is 0.416 e. The highest BCUT2D eigenvalue weighted by atomic mass is 35.5. The number of alkyl halides is 3. The van der Waals surface area contributed by atoms with E-state index in [1.165, 1.54) is 15.9 Å². The van der Waals surface area contributed by atoms with Crippen LogP contribution in [0.5, 0.6) is 0 Å². The molecule has 1 heterocycles. The van der Waals surface area contributed by atoms with E-state index in [2.05, 4.69) is 0 Å². The Bertz CT molecular complexity index is 877. The van der Waals surface area contributed by atoms with Crippen LogP contribution in [0.25, 0.3) is 0 Å². The van der Waals surface area contributed by atoms with E-state index in [-0.39, 0.29) is 25.5 Å². The number of benzene rings is 2. The van der Waals surface area contributed by atoms with Crippen molar-refractivity contribution in [3.05, 3.63) is 64.7 Å². The molecule has 1 fully saturated rings. The molecule has 3 rings (SSSR count). The van der Waals surface area contributed by atoms with E-state index in [1.807, 2.05) is 6.07 Å². The van der Waals surface area contributed by atoms with E-state index in [0.717, 1.165) is 12.1 Å². The molecule has 1 aliphatic rings. The van der Waals surface area contributed by atoms with Gasteiger partial charge in [0, 0.05) is 23.8 Å². The minimum absolute atomic E-state index is 0.148. The topological polar surface area (TPSA) is 47.3 Å². The van der Waals surface area contributed by atoms with Gasteiger partial charge in [-0.25, -0.2) is 4.79 Å². The third kappa shape index (κ3) is 4.01. The van der Waals surface area contributed by atoms with Crippen LogP contribution in [0, 0.1) is 11.3 Å². The number of halogens is 4. The number of nitriles is 1. The molecule has 4 nitrogen and oxygen atoms in total. The highest BCUT2D eigenvalue weighted by Crippen LogP contribution is 2.37. The molecule has 1 unspecified atom stereocenters. The molecule has 1 saturated heterocycles. The third-order valence-corrected chi connectivity index (χ3v) is 4.63. The summed E-state index contributed by atoms with van der Waals surface area (Å²) in [6, 6.07) is 12.5. The first-order valence-corrected chi connectivity index (χ1v) is 8.57. The second kappa shape index (κ2) is 7.49. The first kappa shape index (κ1) is 19.1. The molecule has 0 N–H and O–H groups in total. The first-order chi connectivity index (χ1) is 12.8. The Labute approximate surface area is 159 Å². The maximum absolute atomic E-state index is 13.1. The van der Waals surface area contributed by atoms with Gasteiger partial charge in [-0.3, -0.25) is 4.90 Å². The lowest BCUT2D eigenvalue weighted by Gasteiger charge is -2.24. The smallest absolute Gasteiger partial charge is 0.321 e. The zero-order valence-electron chi connectivity index (χ0n) is 14.1. The summed E-state index contributed by atoms with van der Waals surface area (Å²) in [4.78, 5) is 15.8. The molecular formula is C19H15ClF3N3O. The van der Waals surface area contributed by atoms with Crippen molar-refractivity contribution in [2.75, 3.05) is 18.0 Å². The van der Waals surface area contributed by atoms with Gasteiger partial charge in [-0.2, -0.15) is 18.4 Å². The number of carbonyl (C=O) groups is 1. The number of urea groups is 1. The van der Waals surface area contributed by atoms with Crippen molar-refractivity contribution in [3.8, 4) is 6.07 Å². The van der Waals surface area contributed by atoms with Gasteiger partial charge >= 0.3 is 12.2 Å². The predicted octanol–water partition coefficient (Wildman–Crippen LogP) is 5.26. The van der Waals surface area contributed by atoms with Crippen LogP contribution >= 0.6 is 11.6 Å². The number of hydrogen-bond donors (Lipinski definition) is 0. The minimum atomic E-state index is -4.47. The maximum Gasteiger partial charge on any atom is 0.416 e. The van der Waals surface area contributed by atoms with E-state index in [0.29, 0.717) is 16.3 Å². The SMILES string of the molecule is N#CCCN1CC(c2cccc(C(F)(F)F)c2)N(c2ccc(Cl)cc2)C1=O. The molecule has 1 aliphatic heterocycles. The minimum Gasteiger partial charge on any atom is -0.321 e. The molecule has 2 aromatic rings. The van der Waals surface area contributed by atoms with Gasteiger partial charge in [0.15, 0.2) is 0 Å². The quantitative estimate of drug-likeness (QED) is 0.711. The fourth-order valence-electron chi connectivity index (χ4n) is 3.09. The molecule has 140 valence electrons. The van der Waals surface area contributed by atoms with Gasteiger partial charge in [-0.1, -0.05) is 23.7 Å². The van der Waals surface area contributed by atoms with Crippen molar-refractivity contribution in [2.24, 2.45) is 0 Å². The standard InChI is InChI=1S/C19H15ClF3N3O/c20-15-5-7-16(8-6-15)26-17(12-25(18(26)27)10-2-9-24)13-3-1-4-14(11-13)19(21,22)23/h1,3-8,11,17H,2,10,12H2. The van der Waals surface area contributed by atoms with Crippen LogP contribution in [0.15, 0.2) is 48.5 Å². The predicted molar refractivity (Wildman–Crippen MR) is 95.3 cm³/mol. The fourth-order valence-corrected chi connectivity index (χ4v) is 3.22. The summed E-state index contributed by atoms with van der Waals surface area (Å²) in [6.07, 6.45) is -4.32. The monoisotopic (exact) mass is 393 g/mol. The summed E-state index contributed by atoms with van der Waals surface area (Å²) in [5.74, 6) is 0. The van der Waals surface area contributed by atoms with Crippen molar-refractivity contribution in [1.29, 1.82) is 5.26 Å². The van der Waals surface area contributed by atoms with Crippen molar-refractivity contribution in [2.45, 2.75) is 18.6 Å². The maximum atomic E-state index is 13.1. The molecule has 2 amide bonds. The molecule has 0 spiro atoms. The summed E-state index contributed by atoms with van der Waals surface area (Å²) < 4.78 is 39.3. The molecule has 0 aromatic heterocycles. The molecule has 0 radical (unpaired) electrons.